The molecule has 0 aromatic carbocycles. The van der Waals surface area contributed by atoms with Crippen LogP contribution in [0.2, 0.25) is 0 Å². The van der Waals surface area contributed by atoms with Gasteiger partial charge in [0.15, 0.2) is 0 Å². The second kappa shape index (κ2) is 4.29. The van der Waals surface area contributed by atoms with Crippen LogP contribution in [0, 0.1) is 0 Å². The van der Waals surface area contributed by atoms with Crippen molar-refractivity contribution in [3.8, 4) is 0 Å². The van der Waals surface area contributed by atoms with Crippen molar-refractivity contribution in [3.05, 3.63) is 18.3 Å². The van der Waals surface area contributed by atoms with Crippen LogP contribution in [0.5, 0.6) is 0 Å². The molecule has 0 radical (unpaired) electrons. The minimum atomic E-state index is -3.28. The average Bonchev–Trinajstić information content (AvgIpc) is 2.75. The number of nitrogens with zero attached hydrogens (tertiary/aromatic N) is 1. The third-order valence-corrected chi connectivity index (χ3v) is 4.62. The van der Waals surface area contributed by atoms with Crippen LogP contribution in [0.4, 0.5) is 11.5 Å². The largest absolute Gasteiger partial charge is 0.397 e. The molecule has 1 aliphatic rings. The number of pyridine rings is 1. The van der Waals surface area contributed by atoms with Gasteiger partial charge < -0.3 is 5.73 Å². The summed E-state index contributed by atoms with van der Waals surface area (Å²) in [6.45, 7) is 0. The van der Waals surface area contributed by atoms with Gasteiger partial charge in [-0.1, -0.05) is 12.8 Å². The maximum Gasteiger partial charge on any atom is 0.236 e. The molecule has 0 atom stereocenters. The van der Waals surface area contributed by atoms with Crippen molar-refractivity contribution in [2.75, 3.05) is 10.5 Å². The summed E-state index contributed by atoms with van der Waals surface area (Å²) in [5.74, 6) is 0.334. The number of nitrogen functional groups attached to an aromatic ring is 1. The first-order valence-electron chi connectivity index (χ1n) is 5.31. The van der Waals surface area contributed by atoms with Crippen molar-refractivity contribution < 1.29 is 8.42 Å². The van der Waals surface area contributed by atoms with E-state index in [1.54, 1.807) is 12.1 Å². The Kier molecular flexibility index (Phi) is 3.00. The molecule has 1 heterocycles. The highest BCUT2D eigenvalue weighted by Crippen LogP contribution is 2.25. The van der Waals surface area contributed by atoms with Gasteiger partial charge in [0.25, 0.3) is 0 Å². The number of nitrogens with two attached hydrogens (primary N) is 1. The van der Waals surface area contributed by atoms with E-state index < -0.39 is 10.0 Å². The molecule has 0 saturated heterocycles. The maximum atomic E-state index is 11.9. The molecule has 1 aromatic heterocycles. The molecule has 16 heavy (non-hydrogen) atoms. The summed E-state index contributed by atoms with van der Waals surface area (Å²) in [5, 5.41) is -0.271. The summed E-state index contributed by atoms with van der Waals surface area (Å²) in [4.78, 5) is 3.92. The summed E-state index contributed by atoms with van der Waals surface area (Å²) >= 11 is 0. The number of hydrogen-bond donors (Lipinski definition) is 2. The van der Waals surface area contributed by atoms with Crippen LogP contribution in [0.25, 0.3) is 0 Å². The third kappa shape index (κ3) is 2.44. The lowest BCUT2D eigenvalue weighted by Crippen LogP contribution is -2.25. The van der Waals surface area contributed by atoms with Crippen LogP contribution < -0.4 is 10.5 Å². The highest BCUT2D eigenvalue weighted by Gasteiger charge is 2.28. The van der Waals surface area contributed by atoms with Crippen LogP contribution in [0.15, 0.2) is 18.3 Å². The van der Waals surface area contributed by atoms with Crippen molar-refractivity contribution in [2.45, 2.75) is 30.9 Å². The Morgan fingerprint density at radius 2 is 2.00 bits per heavy atom. The smallest absolute Gasteiger partial charge is 0.236 e. The zero-order valence-electron chi connectivity index (χ0n) is 8.89. The van der Waals surface area contributed by atoms with Crippen molar-refractivity contribution in [3.63, 3.8) is 0 Å². The molecular formula is C10H15N3O2S. The molecule has 88 valence electrons. The number of rotatable bonds is 3. The maximum absolute atomic E-state index is 11.9. The Hall–Kier alpha value is -1.30. The lowest BCUT2D eigenvalue weighted by Gasteiger charge is -2.12. The topological polar surface area (TPSA) is 85.1 Å². The van der Waals surface area contributed by atoms with E-state index in [2.05, 4.69) is 9.71 Å². The standard InChI is InChI=1S/C10H15N3O2S/c11-8-5-6-10(12-7-8)13-16(14,15)9-3-1-2-4-9/h5-7,9H,1-4,11H2,(H,12,13). The first kappa shape index (κ1) is 11.2. The van der Waals surface area contributed by atoms with Gasteiger partial charge in [-0.3, -0.25) is 4.72 Å². The summed E-state index contributed by atoms with van der Waals surface area (Å²) in [6.07, 6.45) is 4.89. The average molecular weight is 241 g/mol. The first-order chi connectivity index (χ1) is 7.58. The van der Waals surface area contributed by atoms with Crippen molar-refractivity contribution in [2.24, 2.45) is 0 Å². The number of anilines is 2. The molecule has 1 aromatic rings. The van der Waals surface area contributed by atoms with E-state index in [1.165, 1.54) is 6.20 Å². The lowest BCUT2D eigenvalue weighted by atomic mass is 10.4. The molecular weight excluding hydrogens is 226 g/mol. The van der Waals surface area contributed by atoms with Gasteiger partial charge in [0.05, 0.1) is 17.1 Å². The van der Waals surface area contributed by atoms with Crippen LogP contribution in [-0.4, -0.2) is 18.7 Å². The van der Waals surface area contributed by atoms with E-state index >= 15 is 0 Å². The molecule has 0 unspecified atom stereocenters. The van der Waals surface area contributed by atoms with Gasteiger partial charge in [-0.05, 0) is 25.0 Å². The van der Waals surface area contributed by atoms with Gasteiger partial charge >= 0.3 is 0 Å². The quantitative estimate of drug-likeness (QED) is 0.836. The van der Waals surface area contributed by atoms with E-state index in [4.69, 9.17) is 5.73 Å². The Morgan fingerprint density at radius 1 is 1.31 bits per heavy atom. The van der Waals surface area contributed by atoms with Gasteiger partial charge in [0, 0.05) is 0 Å². The number of sulfonamides is 1. The fourth-order valence-electron chi connectivity index (χ4n) is 1.89. The lowest BCUT2D eigenvalue weighted by molar-refractivity contribution is 0.585. The predicted molar refractivity (Wildman–Crippen MR) is 63.4 cm³/mol. The number of nitrogens with one attached hydrogen (secondary N) is 1. The van der Waals surface area contributed by atoms with Crippen LogP contribution in [-0.2, 0) is 10.0 Å². The molecule has 1 saturated carbocycles. The van der Waals surface area contributed by atoms with E-state index in [-0.39, 0.29) is 5.25 Å². The number of aromatic nitrogens is 1. The summed E-state index contributed by atoms with van der Waals surface area (Å²) in [7, 11) is -3.28. The fraction of sp³-hybridized carbons (Fsp3) is 0.500. The predicted octanol–water partition coefficient (Wildman–Crippen LogP) is 1.35. The SMILES string of the molecule is Nc1ccc(NS(=O)(=O)C2CCCC2)nc1. The molecule has 0 spiro atoms. The molecule has 1 aliphatic carbocycles. The van der Waals surface area contributed by atoms with Crippen LogP contribution >= 0.6 is 0 Å². The Bertz CT molecular complexity index is 449. The third-order valence-electron chi connectivity index (χ3n) is 2.77. The summed E-state index contributed by atoms with van der Waals surface area (Å²) in [5.41, 5.74) is 5.99. The highest BCUT2D eigenvalue weighted by atomic mass is 32.2. The molecule has 2 rings (SSSR count). The minimum Gasteiger partial charge on any atom is -0.397 e. The van der Waals surface area contributed by atoms with Crippen molar-refractivity contribution >= 4 is 21.5 Å². The van der Waals surface area contributed by atoms with Gasteiger partial charge in [0.1, 0.15) is 5.82 Å². The second-order valence-electron chi connectivity index (χ2n) is 4.03. The van der Waals surface area contributed by atoms with E-state index in [1.807, 2.05) is 0 Å². The first-order valence-corrected chi connectivity index (χ1v) is 6.86. The molecule has 0 amide bonds. The zero-order valence-corrected chi connectivity index (χ0v) is 9.70. The highest BCUT2D eigenvalue weighted by molar-refractivity contribution is 7.93. The van der Waals surface area contributed by atoms with Crippen molar-refractivity contribution in [1.82, 2.24) is 4.98 Å². The monoisotopic (exact) mass is 241 g/mol. The summed E-state index contributed by atoms with van der Waals surface area (Å²) in [6, 6.07) is 3.20. The Morgan fingerprint density at radius 3 is 2.56 bits per heavy atom. The number of hydrogen-bond acceptors (Lipinski definition) is 4. The van der Waals surface area contributed by atoms with E-state index in [0.717, 1.165) is 25.7 Å². The molecule has 1 fully saturated rings. The molecule has 3 N–H and O–H groups in total. The molecule has 0 bridgehead atoms. The molecule has 0 aliphatic heterocycles. The normalized spacial score (nSPS) is 17.5. The van der Waals surface area contributed by atoms with Gasteiger partial charge in [0.2, 0.25) is 10.0 Å². The summed E-state index contributed by atoms with van der Waals surface area (Å²) < 4.78 is 26.3. The van der Waals surface area contributed by atoms with Crippen LogP contribution in [0.3, 0.4) is 0 Å². The molecule has 6 heteroatoms. The Labute approximate surface area is 95.1 Å². The van der Waals surface area contributed by atoms with Gasteiger partial charge in [-0.2, -0.15) is 0 Å². The Balaban J connectivity index is 2.11. The van der Waals surface area contributed by atoms with Gasteiger partial charge in [-0.15, -0.1) is 0 Å². The second-order valence-corrected chi connectivity index (χ2v) is 5.99. The fourth-order valence-corrected chi connectivity index (χ4v) is 3.43. The zero-order chi connectivity index (χ0) is 11.6. The van der Waals surface area contributed by atoms with E-state index in [0.29, 0.717) is 11.5 Å². The van der Waals surface area contributed by atoms with Gasteiger partial charge in [-0.25, -0.2) is 13.4 Å². The molecule has 5 nitrogen and oxygen atoms in total. The minimum absolute atomic E-state index is 0.271. The van der Waals surface area contributed by atoms with Crippen LogP contribution in [0.1, 0.15) is 25.7 Å². The van der Waals surface area contributed by atoms with E-state index in [9.17, 15) is 8.42 Å². The van der Waals surface area contributed by atoms with Crippen molar-refractivity contribution in [1.29, 1.82) is 0 Å².